The number of hydrogen-bond donors (Lipinski definition) is 4. The fourth-order valence-electron chi connectivity index (χ4n) is 5.36. The number of ether oxygens (including phenoxy) is 2. The van der Waals surface area contributed by atoms with E-state index in [0.29, 0.717) is 19.3 Å². The summed E-state index contributed by atoms with van der Waals surface area (Å²) in [4.78, 5) is 34.9. The topological polar surface area (TPSA) is 169 Å². The van der Waals surface area contributed by atoms with Crippen LogP contribution >= 0.6 is 7.82 Å². The molecule has 0 aromatic carbocycles. The fraction of sp³-hybridized carbons (Fsp3) is 0.805. The third kappa shape index (κ3) is 35.6. The average Bonchev–Trinajstić information content (AvgIpc) is 3.14. The van der Waals surface area contributed by atoms with Gasteiger partial charge in [-0.1, -0.05) is 147 Å². The lowest BCUT2D eigenvalue weighted by Crippen LogP contribution is -2.29. The lowest BCUT2D eigenvalue weighted by atomic mass is 9.99. The molecule has 0 bridgehead atoms. The monoisotopic (exact) mass is 775 g/mol. The summed E-state index contributed by atoms with van der Waals surface area (Å²) < 4.78 is 32.6. The van der Waals surface area contributed by atoms with E-state index in [1.165, 1.54) is 51.4 Å². The summed E-state index contributed by atoms with van der Waals surface area (Å²) in [5.41, 5.74) is 0. The first-order chi connectivity index (χ1) is 25.5. The maximum absolute atomic E-state index is 12.6. The molecule has 0 spiro atoms. The van der Waals surface area contributed by atoms with Gasteiger partial charge in [0.25, 0.3) is 0 Å². The summed E-state index contributed by atoms with van der Waals surface area (Å²) in [6, 6.07) is 0. The van der Waals surface area contributed by atoms with Gasteiger partial charge in [0.1, 0.15) is 12.7 Å². The molecule has 0 aliphatic rings. The van der Waals surface area contributed by atoms with E-state index >= 15 is 0 Å². The van der Waals surface area contributed by atoms with Gasteiger partial charge >= 0.3 is 19.8 Å². The van der Waals surface area contributed by atoms with Crippen LogP contribution in [0.5, 0.6) is 0 Å². The summed E-state index contributed by atoms with van der Waals surface area (Å²) >= 11 is 0. The van der Waals surface area contributed by atoms with Gasteiger partial charge in [0.05, 0.1) is 25.9 Å². The quantitative estimate of drug-likeness (QED) is 0.0156. The summed E-state index contributed by atoms with van der Waals surface area (Å²) in [6.45, 7) is 4.45. The van der Waals surface area contributed by atoms with E-state index in [0.717, 1.165) is 63.7 Å². The molecule has 0 fully saturated rings. The van der Waals surface area contributed by atoms with Crippen LogP contribution in [0.2, 0.25) is 0 Å². The minimum absolute atomic E-state index is 0.170. The number of phosphoric acid groups is 1. The van der Waals surface area contributed by atoms with E-state index < -0.39 is 57.9 Å². The predicted molar refractivity (Wildman–Crippen MR) is 211 cm³/mol. The Morgan fingerprint density at radius 3 is 1.87 bits per heavy atom. The number of allylic oxidation sites excluding steroid dienone is 4. The Kier molecular flexibility index (Phi) is 34.6. The highest BCUT2D eigenvalue weighted by Gasteiger charge is 2.27. The Balaban J connectivity index is 4.40. The highest BCUT2D eigenvalue weighted by molar-refractivity contribution is 7.47. The minimum Gasteiger partial charge on any atom is -0.462 e. The number of phosphoric ester groups is 1. The van der Waals surface area contributed by atoms with Crippen LogP contribution in [0.3, 0.4) is 0 Å². The van der Waals surface area contributed by atoms with Crippen molar-refractivity contribution in [3.05, 3.63) is 36.5 Å². The number of aliphatic hydroxyl groups excluding tert-OH is 3. The van der Waals surface area contributed by atoms with Crippen molar-refractivity contribution in [2.45, 2.75) is 180 Å². The molecule has 0 aromatic rings. The van der Waals surface area contributed by atoms with E-state index in [-0.39, 0.29) is 19.4 Å². The van der Waals surface area contributed by atoms with Crippen LogP contribution in [0.4, 0.5) is 0 Å². The standard InChI is InChI=1S/C41H75O11P/c1-4-6-22-28-37(43)29-24-19-15-11-9-13-16-20-25-30-40(45)49-34-39(35-51-53(47,48)50-33-38(44)32-42)52-41(46)31-26-21-17-12-8-7-10-14-18-23-27-36(3)5-2/h6,15,19,22,24,29,36-39,42-44H,4-5,7-14,16-18,20-21,23,25-28,30-35H2,1-3H3,(H,47,48)/b19-15+,22-6+,29-24+/t36?,37?,38-,39+/m0/s1. The molecule has 0 aliphatic carbocycles. The molecule has 11 nitrogen and oxygen atoms in total. The van der Waals surface area contributed by atoms with E-state index in [4.69, 9.17) is 19.1 Å². The molecular formula is C41H75O11P. The predicted octanol–water partition coefficient (Wildman–Crippen LogP) is 9.22. The molecule has 310 valence electrons. The van der Waals surface area contributed by atoms with Gasteiger partial charge in [-0.25, -0.2) is 4.57 Å². The largest absolute Gasteiger partial charge is 0.472 e. The van der Waals surface area contributed by atoms with Gasteiger partial charge in [-0.15, -0.1) is 0 Å². The van der Waals surface area contributed by atoms with Gasteiger partial charge in [-0.05, 0) is 44.4 Å². The lowest BCUT2D eigenvalue weighted by Gasteiger charge is -2.20. The molecular weight excluding hydrogens is 699 g/mol. The first-order valence-corrected chi connectivity index (χ1v) is 21.9. The maximum atomic E-state index is 12.6. The molecule has 12 heteroatoms. The van der Waals surface area contributed by atoms with Crippen molar-refractivity contribution in [1.29, 1.82) is 0 Å². The van der Waals surface area contributed by atoms with Crippen molar-refractivity contribution >= 4 is 19.8 Å². The molecule has 0 aromatic heterocycles. The molecule has 0 amide bonds. The van der Waals surface area contributed by atoms with E-state index in [2.05, 4.69) is 31.4 Å². The van der Waals surface area contributed by atoms with E-state index in [9.17, 15) is 29.3 Å². The van der Waals surface area contributed by atoms with Crippen molar-refractivity contribution in [3.8, 4) is 0 Å². The number of carbonyl (C=O) groups is 2. The minimum atomic E-state index is -4.63. The average molecular weight is 775 g/mol. The fourth-order valence-corrected chi connectivity index (χ4v) is 6.15. The molecule has 0 saturated heterocycles. The lowest BCUT2D eigenvalue weighted by molar-refractivity contribution is -0.161. The normalized spacial score (nSPS) is 15.5. The summed E-state index contributed by atoms with van der Waals surface area (Å²) in [5.74, 6) is -0.148. The first-order valence-electron chi connectivity index (χ1n) is 20.4. The van der Waals surface area contributed by atoms with Gasteiger partial charge in [0.15, 0.2) is 6.10 Å². The van der Waals surface area contributed by atoms with Crippen molar-refractivity contribution in [3.63, 3.8) is 0 Å². The van der Waals surface area contributed by atoms with Crippen LogP contribution < -0.4 is 0 Å². The number of esters is 2. The van der Waals surface area contributed by atoms with Gasteiger partial charge in [-0.3, -0.25) is 18.6 Å². The molecule has 0 rings (SSSR count). The van der Waals surface area contributed by atoms with E-state index in [1.807, 2.05) is 24.3 Å². The van der Waals surface area contributed by atoms with Crippen LogP contribution in [-0.4, -0.2) is 76.9 Å². The van der Waals surface area contributed by atoms with Gasteiger partial charge in [0.2, 0.25) is 0 Å². The van der Waals surface area contributed by atoms with Gasteiger partial charge in [-0.2, -0.15) is 0 Å². The number of unbranched alkanes of at least 4 members (excludes halogenated alkanes) is 14. The first kappa shape index (κ1) is 51.1. The molecule has 0 aliphatic heterocycles. The summed E-state index contributed by atoms with van der Waals surface area (Å²) in [6.07, 6.45) is 30.1. The zero-order valence-electron chi connectivity index (χ0n) is 33.3. The van der Waals surface area contributed by atoms with Crippen LogP contribution in [0.1, 0.15) is 162 Å². The second kappa shape index (κ2) is 35.8. The third-order valence-corrected chi connectivity index (χ3v) is 9.88. The Labute approximate surface area is 321 Å². The van der Waals surface area contributed by atoms with Crippen molar-refractivity contribution in [2.24, 2.45) is 5.92 Å². The maximum Gasteiger partial charge on any atom is 0.472 e. The van der Waals surface area contributed by atoms with Gasteiger partial charge < -0.3 is 29.7 Å². The second-order valence-corrected chi connectivity index (χ2v) is 15.5. The number of rotatable bonds is 37. The van der Waals surface area contributed by atoms with Gasteiger partial charge in [0, 0.05) is 12.8 Å². The van der Waals surface area contributed by atoms with Crippen LogP contribution in [0.15, 0.2) is 36.5 Å². The van der Waals surface area contributed by atoms with E-state index in [1.54, 1.807) is 6.08 Å². The number of carbonyl (C=O) groups excluding carboxylic acids is 2. The molecule has 53 heavy (non-hydrogen) atoms. The van der Waals surface area contributed by atoms with Crippen LogP contribution in [0.25, 0.3) is 0 Å². The zero-order valence-corrected chi connectivity index (χ0v) is 34.1. The van der Waals surface area contributed by atoms with Crippen LogP contribution in [0, 0.1) is 5.92 Å². The summed E-state index contributed by atoms with van der Waals surface area (Å²) in [7, 11) is -4.63. The zero-order chi connectivity index (χ0) is 39.4. The molecule has 4 N–H and O–H groups in total. The molecule has 0 heterocycles. The molecule has 0 radical (unpaired) electrons. The highest BCUT2D eigenvalue weighted by atomic mass is 31.2. The SMILES string of the molecule is CC/C=C/CC(O)/C=C/C=C/CCCCCCCC(=O)OC[C@H](COP(=O)(O)OC[C@@H](O)CO)OC(=O)CCCCCCCCCCCCC(C)CC. The van der Waals surface area contributed by atoms with Crippen LogP contribution in [-0.2, 0) is 32.7 Å². The number of hydrogen-bond acceptors (Lipinski definition) is 10. The smallest absolute Gasteiger partial charge is 0.462 e. The Hall–Kier alpha value is -1.85. The third-order valence-electron chi connectivity index (χ3n) is 8.93. The van der Waals surface area contributed by atoms with Crippen molar-refractivity contribution < 1.29 is 52.9 Å². The Morgan fingerprint density at radius 1 is 0.698 bits per heavy atom. The molecule has 0 saturated carbocycles. The Bertz CT molecular complexity index is 1020. The van der Waals surface area contributed by atoms with Crippen molar-refractivity contribution in [2.75, 3.05) is 26.4 Å². The number of aliphatic hydroxyl groups is 3. The second-order valence-electron chi connectivity index (χ2n) is 14.1. The molecule has 5 atom stereocenters. The van der Waals surface area contributed by atoms with Crippen molar-refractivity contribution in [1.82, 2.24) is 0 Å². The highest BCUT2D eigenvalue weighted by Crippen LogP contribution is 2.43. The molecule has 3 unspecified atom stereocenters. The Morgan fingerprint density at radius 2 is 1.26 bits per heavy atom. The summed E-state index contributed by atoms with van der Waals surface area (Å²) in [5, 5.41) is 28.2.